The molecule has 0 saturated heterocycles. The van der Waals surface area contributed by atoms with Crippen LogP contribution < -0.4 is 0 Å². The topological polar surface area (TPSA) is 37.3 Å². The van der Waals surface area contributed by atoms with Gasteiger partial charge in [0.25, 0.3) is 0 Å². The van der Waals surface area contributed by atoms with E-state index in [2.05, 4.69) is 0 Å². The van der Waals surface area contributed by atoms with Crippen LogP contribution in [0.5, 0.6) is 0 Å². The van der Waals surface area contributed by atoms with Crippen molar-refractivity contribution in [1.29, 1.82) is 0 Å². The lowest BCUT2D eigenvalue weighted by molar-refractivity contribution is -0.130. The van der Waals surface area contributed by atoms with E-state index < -0.39 is 11.8 Å². The Morgan fingerprint density at radius 3 is 2.50 bits per heavy atom. The number of halogens is 1. The van der Waals surface area contributed by atoms with Crippen LogP contribution in [-0.4, -0.2) is 11.1 Å². The highest BCUT2D eigenvalue weighted by Gasteiger charge is 2.12. The van der Waals surface area contributed by atoms with Gasteiger partial charge in [-0.05, 0) is 42.7 Å². The number of hydrogen-bond acceptors (Lipinski definition) is 1. The molecule has 0 fully saturated rings. The number of benzene rings is 2. The molecule has 0 bridgehead atoms. The third-order valence-electron chi connectivity index (χ3n) is 3.07. The molecule has 0 aliphatic carbocycles. The summed E-state index contributed by atoms with van der Waals surface area (Å²) < 4.78 is 13.6. The van der Waals surface area contributed by atoms with E-state index in [-0.39, 0.29) is 5.57 Å². The molecule has 0 saturated carbocycles. The minimum Gasteiger partial charge on any atom is -0.478 e. The van der Waals surface area contributed by atoms with Gasteiger partial charge in [0, 0.05) is 0 Å². The largest absolute Gasteiger partial charge is 0.478 e. The standard InChI is InChI=1S/C17H15FO2/c1-11-4-3-5-13(8-11)9-15(17(19)20)14-7-6-12(2)16(18)10-14/h3-10H,1-2H3,(H,19,20)/b15-9-. The second-order valence-electron chi connectivity index (χ2n) is 4.74. The quantitative estimate of drug-likeness (QED) is 0.674. The summed E-state index contributed by atoms with van der Waals surface area (Å²) in [5.74, 6) is -1.48. The van der Waals surface area contributed by atoms with Crippen LogP contribution >= 0.6 is 0 Å². The summed E-state index contributed by atoms with van der Waals surface area (Å²) in [6, 6.07) is 11.9. The lowest BCUT2D eigenvalue weighted by Crippen LogP contribution is -2.00. The molecule has 0 atom stereocenters. The molecule has 0 amide bonds. The van der Waals surface area contributed by atoms with E-state index in [1.165, 1.54) is 6.07 Å². The van der Waals surface area contributed by atoms with Gasteiger partial charge in [-0.1, -0.05) is 42.0 Å². The third-order valence-corrected chi connectivity index (χ3v) is 3.07. The molecule has 3 heteroatoms. The van der Waals surface area contributed by atoms with E-state index in [1.54, 1.807) is 25.1 Å². The number of carboxylic acids is 1. The zero-order valence-electron chi connectivity index (χ0n) is 11.4. The molecule has 1 N–H and O–H groups in total. The predicted molar refractivity (Wildman–Crippen MR) is 77.8 cm³/mol. The third kappa shape index (κ3) is 3.12. The maximum Gasteiger partial charge on any atom is 0.336 e. The van der Waals surface area contributed by atoms with Gasteiger partial charge >= 0.3 is 5.97 Å². The predicted octanol–water partition coefficient (Wildman–Crippen LogP) is 4.07. The highest BCUT2D eigenvalue weighted by molar-refractivity contribution is 6.20. The molecular formula is C17H15FO2. The molecule has 2 aromatic carbocycles. The Balaban J connectivity index is 2.51. The molecule has 0 aliphatic heterocycles. The SMILES string of the molecule is Cc1cccc(/C=C(\C(=O)O)c2ccc(C)c(F)c2)c1. The van der Waals surface area contributed by atoms with Crippen LogP contribution in [0.15, 0.2) is 42.5 Å². The van der Waals surface area contributed by atoms with Gasteiger partial charge in [0.2, 0.25) is 0 Å². The molecule has 0 aliphatic rings. The van der Waals surface area contributed by atoms with E-state index in [4.69, 9.17) is 0 Å². The number of hydrogen-bond donors (Lipinski definition) is 1. The summed E-state index contributed by atoms with van der Waals surface area (Å²) in [5.41, 5.74) is 2.76. The molecule has 0 aromatic heterocycles. The zero-order chi connectivity index (χ0) is 14.7. The van der Waals surface area contributed by atoms with E-state index in [0.717, 1.165) is 11.1 Å². The van der Waals surface area contributed by atoms with Gasteiger partial charge in [-0.15, -0.1) is 0 Å². The number of aryl methyl sites for hydroxylation is 2. The summed E-state index contributed by atoms with van der Waals surface area (Å²) in [6.07, 6.45) is 1.56. The first kappa shape index (κ1) is 14.0. The molecule has 0 unspecified atom stereocenters. The van der Waals surface area contributed by atoms with Crippen molar-refractivity contribution in [3.63, 3.8) is 0 Å². The van der Waals surface area contributed by atoms with Crippen molar-refractivity contribution in [2.75, 3.05) is 0 Å². The Hall–Kier alpha value is -2.42. The summed E-state index contributed by atoms with van der Waals surface area (Å²) >= 11 is 0. The van der Waals surface area contributed by atoms with Gasteiger partial charge in [-0.2, -0.15) is 0 Å². The van der Waals surface area contributed by atoms with E-state index in [1.807, 2.05) is 31.2 Å². The van der Waals surface area contributed by atoms with Crippen LogP contribution in [0.2, 0.25) is 0 Å². The summed E-state index contributed by atoms with van der Waals surface area (Å²) in [4.78, 5) is 11.4. The van der Waals surface area contributed by atoms with Gasteiger partial charge in [-0.3, -0.25) is 0 Å². The number of rotatable bonds is 3. The van der Waals surface area contributed by atoms with E-state index >= 15 is 0 Å². The van der Waals surface area contributed by atoms with Gasteiger partial charge in [-0.25, -0.2) is 9.18 Å². The van der Waals surface area contributed by atoms with Crippen LogP contribution in [0.3, 0.4) is 0 Å². The highest BCUT2D eigenvalue weighted by atomic mass is 19.1. The molecule has 0 heterocycles. The minimum atomic E-state index is -1.07. The number of aliphatic carboxylic acids is 1. The van der Waals surface area contributed by atoms with Crippen LogP contribution in [0, 0.1) is 19.7 Å². The molecule has 0 radical (unpaired) electrons. The maximum absolute atomic E-state index is 13.6. The monoisotopic (exact) mass is 270 g/mol. The Labute approximate surface area is 117 Å². The molecule has 20 heavy (non-hydrogen) atoms. The van der Waals surface area contributed by atoms with Crippen molar-refractivity contribution >= 4 is 17.6 Å². The van der Waals surface area contributed by atoms with Crippen molar-refractivity contribution in [2.24, 2.45) is 0 Å². The molecule has 2 rings (SSSR count). The maximum atomic E-state index is 13.6. The average molecular weight is 270 g/mol. The van der Waals surface area contributed by atoms with Crippen LogP contribution in [0.1, 0.15) is 22.3 Å². The second-order valence-corrected chi connectivity index (χ2v) is 4.74. The Bertz CT molecular complexity index is 687. The molecule has 102 valence electrons. The lowest BCUT2D eigenvalue weighted by atomic mass is 10.0. The lowest BCUT2D eigenvalue weighted by Gasteiger charge is -2.05. The van der Waals surface area contributed by atoms with Crippen LogP contribution in [-0.2, 0) is 4.79 Å². The Morgan fingerprint density at radius 1 is 1.15 bits per heavy atom. The highest BCUT2D eigenvalue weighted by Crippen LogP contribution is 2.21. The Kier molecular flexibility index (Phi) is 3.99. The first-order chi connectivity index (χ1) is 9.47. The molecule has 2 aromatic rings. The molecule has 0 spiro atoms. The van der Waals surface area contributed by atoms with Crippen molar-refractivity contribution in [2.45, 2.75) is 13.8 Å². The summed E-state index contributed by atoms with van der Waals surface area (Å²) in [7, 11) is 0. The van der Waals surface area contributed by atoms with Gasteiger partial charge in [0.15, 0.2) is 0 Å². The Morgan fingerprint density at radius 2 is 1.90 bits per heavy atom. The average Bonchev–Trinajstić information content (AvgIpc) is 2.39. The fraction of sp³-hybridized carbons (Fsp3) is 0.118. The first-order valence-electron chi connectivity index (χ1n) is 6.25. The van der Waals surface area contributed by atoms with Gasteiger partial charge < -0.3 is 5.11 Å². The number of carboxylic acid groups (broad SMARTS) is 1. The smallest absolute Gasteiger partial charge is 0.336 e. The normalized spacial score (nSPS) is 11.4. The second kappa shape index (κ2) is 5.70. The fourth-order valence-corrected chi connectivity index (χ4v) is 1.96. The van der Waals surface area contributed by atoms with E-state index in [9.17, 15) is 14.3 Å². The number of carbonyl (C=O) groups is 1. The van der Waals surface area contributed by atoms with Crippen molar-refractivity contribution in [3.8, 4) is 0 Å². The zero-order valence-corrected chi connectivity index (χ0v) is 11.4. The first-order valence-corrected chi connectivity index (χ1v) is 6.25. The van der Waals surface area contributed by atoms with Gasteiger partial charge in [0.05, 0.1) is 5.57 Å². The van der Waals surface area contributed by atoms with Crippen molar-refractivity contribution in [1.82, 2.24) is 0 Å². The minimum absolute atomic E-state index is 0.0782. The summed E-state index contributed by atoms with van der Waals surface area (Å²) in [5, 5.41) is 9.33. The fourth-order valence-electron chi connectivity index (χ4n) is 1.96. The van der Waals surface area contributed by atoms with Crippen LogP contribution in [0.25, 0.3) is 11.6 Å². The molecule has 2 nitrogen and oxygen atoms in total. The van der Waals surface area contributed by atoms with E-state index in [0.29, 0.717) is 11.1 Å². The molecular weight excluding hydrogens is 255 g/mol. The summed E-state index contributed by atoms with van der Waals surface area (Å²) in [6.45, 7) is 3.58. The van der Waals surface area contributed by atoms with Crippen molar-refractivity contribution in [3.05, 3.63) is 70.5 Å². The van der Waals surface area contributed by atoms with Gasteiger partial charge in [0.1, 0.15) is 5.82 Å². The van der Waals surface area contributed by atoms with Crippen molar-refractivity contribution < 1.29 is 14.3 Å². The van der Waals surface area contributed by atoms with Crippen LogP contribution in [0.4, 0.5) is 4.39 Å².